The van der Waals surface area contributed by atoms with Gasteiger partial charge in [-0.15, -0.1) is 22.2 Å². The van der Waals surface area contributed by atoms with E-state index < -0.39 is 6.69 Å². The second kappa shape index (κ2) is 3.93. The Labute approximate surface area is 63.8 Å². The van der Waals surface area contributed by atoms with Gasteiger partial charge in [0.05, 0.1) is 0 Å². The van der Waals surface area contributed by atoms with Crippen molar-refractivity contribution in [2.24, 2.45) is 0 Å². The minimum atomic E-state index is -1.70. The molecule has 8 heavy (non-hydrogen) atoms. The molecule has 0 N–H and O–H groups in total. The van der Waals surface area contributed by atoms with E-state index in [2.05, 4.69) is 6.55 Å². The first kappa shape index (κ1) is 9.01. The van der Waals surface area contributed by atoms with Gasteiger partial charge in [-0.3, -0.25) is 0 Å². The molecule has 0 aromatic rings. The van der Waals surface area contributed by atoms with Gasteiger partial charge in [0.25, 0.3) is 0 Å². The average molecular weight is 187 g/mol. The molecule has 50 valence electrons. The average Bonchev–Trinajstić information content (AvgIpc) is 1.59. The molecular formula is C4H12Cl2Si2. The van der Waals surface area contributed by atoms with Gasteiger partial charge in [0.1, 0.15) is 0 Å². The van der Waals surface area contributed by atoms with Crippen LogP contribution in [0.5, 0.6) is 0 Å². The molecule has 0 unspecified atom stereocenters. The van der Waals surface area contributed by atoms with Crippen LogP contribution in [-0.2, 0) is 0 Å². The van der Waals surface area contributed by atoms with Crippen molar-refractivity contribution in [1.29, 1.82) is 0 Å². The van der Waals surface area contributed by atoms with E-state index in [0.29, 0.717) is 0 Å². The van der Waals surface area contributed by atoms with E-state index >= 15 is 0 Å². The molecule has 0 radical (unpaired) electrons. The van der Waals surface area contributed by atoms with Crippen LogP contribution in [0.1, 0.15) is 0 Å². The third kappa shape index (κ3) is 7.01. The maximum absolute atomic E-state index is 5.84. The molecule has 0 bridgehead atoms. The first-order valence-corrected chi connectivity index (χ1v) is 10.1. The molecule has 0 saturated carbocycles. The zero-order valence-electron chi connectivity index (χ0n) is 5.38. The van der Waals surface area contributed by atoms with Crippen molar-refractivity contribution in [2.75, 3.05) is 0 Å². The quantitative estimate of drug-likeness (QED) is 0.469. The SMILES string of the molecule is C[SiH2]CC[Si](C)(Cl)Cl. The van der Waals surface area contributed by atoms with Crippen molar-refractivity contribution in [2.45, 2.75) is 25.2 Å². The van der Waals surface area contributed by atoms with E-state index in [9.17, 15) is 0 Å². The maximum atomic E-state index is 5.84. The molecular weight excluding hydrogens is 175 g/mol. The largest absolute Gasteiger partial charge is 0.248 e. The predicted octanol–water partition coefficient (Wildman–Crippen LogP) is 2.17. The Kier molecular flexibility index (Phi) is 4.43. The molecule has 0 spiro atoms. The van der Waals surface area contributed by atoms with Gasteiger partial charge >= 0.3 is 0 Å². The van der Waals surface area contributed by atoms with Gasteiger partial charge < -0.3 is 0 Å². The Morgan fingerprint density at radius 1 is 1.50 bits per heavy atom. The highest BCUT2D eigenvalue weighted by Gasteiger charge is 2.18. The maximum Gasteiger partial charge on any atom is 0.248 e. The van der Waals surface area contributed by atoms with Crippen molar-refractivity contribution in [3.8, 4) is 0 Å². The van der Waals surface area contributed by atoms with Crippen molar-refractivity contribution >= 4 is 38.4 Å². The zero-order valence-corrected chi connectivity index (χ0v) is 9.30. The van der Waals surface area contributed by atoms with Crippen LogP contribution in [0, 0.1) is 0 Å². The van der Waals surface area contributed by atoms with Crippen LogP contribution in [0.15, 0.2) is 0 Å². The standard InChI is InChI=1S/C4H12Cl2Si2/c1-7-3-4-8(2,5)6/h3-4,7H2,1-2H3. The van der Waals surface area contributed by atoms with E-state index in [1.54, 1.807) is 0 Å². The molecule has 0 nitrogen and oxygen atoms in total. The fraction of sp³-hybridized carbons (Fsp3) is 1.00. The minimum absolute atomic E-state index is 0.200. The molecule has 0 amide bonds. The van der Waals surface area contributed by atoms with Crippen LogP contribution in [0.25, 0.3) is 0 Å². The highest BCUT2D eigenvalue weighted by molar-refractivity contribution is 7.45. The lowest BCUT2D eigenvalue weighted by atomic mass is 10.9. The van der Waals surface area contributed by atoms with Gasteiger partial charge in [-0.05, 0) is 12.6 Å². The second-order valence-electron chi connectivity index (χ2n) is 2.17. The lowest BCUT2D eigenvalue weighted by Gasteiger charge is -2.06. The fourth-order valence-electron chi connectivity index (χ4n) is 0.487. The normalized spacial score (nSPS) is 13.5. The third-order valence-corrected chi connectivity index (χ3v) is 5.10. The van der Waals surface area contributed by atoms with Crippen molar-refractivity contribution < 1.29 is 0 Å². The first-order valence-electron chi connectivity index (χ1n) is 2.94. The highest BCUT2D eigenvalue weighted by atomic mass is 35.7. The Hall–Kier alpha value is 1.01. The monoisotopic (exact) mass is 186 g/mol. The lowest BCUT2D eigenvalue weighted by molar-refractivity contribution is 1.39. The summed E-state index contributed by atoms with van der Waals surface area (Å²) in [7, 11) is 0.200. The van der Waals surface area contributed by atoms with Gasteiger partial charge in [-0.1, -0.05) is 12.6 Å². The van der Waals surface area contributed by atoms with Crippen LogP contribution >= 0.6 is 22.2 Å². The number of hydrogen-bond acceptors (Lipinski definition) is 0. The molecule has 0 aliphatic carbocycles. The van der Waals surface area contributed by atoms with Gasteiger partial charge in [0.2, 0.25) is 6.69 Å². The third-order valence-electron chi connectivity index (χ3n) is 0.969. The number of hydrogen-bond donors (Lipinski definition) is 0. The molecule has 0 rings (SSSR count). The molecule has 0 aromatic carbocycles. The Balaban J connectivity index is 3.11. The van der Waals surface area contributed by atoms with E-state index in [0.717, 1.165) is 6.04 Å². The van der Waals surface area contributed by atoms with Gasteiger partial charge in [0, 0.05) is 9.52 Å². The molecule has 0 saturated heterocycles. The summed E-state index contributed by atoms with van der Waals surface area (Å²) in [6, 6.07) is 2.41. The highest BCUT2D eigenvalue weighted by Crippen LogP contribution is 2.20. The minimum Gasteiger partial charge on any atom is -0.146 e. The summed E-state index contributed by atoms with van der Waals surface area (Å²) in [5.74, 6) is 0. The molecule has 4 heteroatoms. The molecule has 0 aromatic heterocycles. The Morgan fingerprint density at radius 3 is 2.12 bits per heavy atom. The van der Waals surface area contributed by atoms with E-state index in [1.807, 2.05) is 6.55 Å². The first-order chi connectivity index (χ1) is 3.56. The van der Waals surface area contributed by atoms with Crippen LogP contribution in [-0.4, -0.2) is 16.2 Å². The Bertz CT molecular complexity index is 59.5. The van der Waals surface area contributed by atoms with Gasteiger partial charge in [-0.25, -0.2) is 0 Å². The summed E-state index contributed by atoms with van der Waals surface area (Å²) in [6.07, 6.45) is 0. The van der Waals surface area contributed by atoms with Gasteiger partial charge in [-0.2, -0.15) is 0 Å². The molecule has 0 aliphatic rings. The summed E-state index contributed by atoms with van der Waals surface area (Å²) < 4.78 is 0. The van der Waals surface area contributed by atoms with E-state index in [4.69, 9.17) is 22.2 Å². The smallest absolute Gasteiger partial charge is 0.146 e. The summed E-state index contributed by atoms with van der Waals surface area (Å²) in [4.78, 5) is 0. The number of rotatable bonds is 3. The topological polar surface area (TPSA) is 0 Å². The van der Waals surface area contributed by atoms with Crippen LogP contribution in [0.3, 0.4) is 0 Å². The summed E-state index contributed by atoms with van der Waals surface area (Å²) in [5, 5.41) is 0. The van der Waals surface area contributed by atoms with Crippen molar-refractivity contribution in [3.05, 3.63) is 0 Å². The molecule has 0 heterocycles. The zero-order chi connectivity index (χ0) is 6.62. The van der Waals surface area contributed by atoms with Crippen molar-refractivity contribution in [3.63, 3.8) is 0 Å². The molecule has 0 aliphatic heterocycles. The molecule has 0 fully saturated rings. The van der Waals surface area contributed by atoms with E-state index in [1.165, 1.54) is 6.04 Å². The lowest BCUT2D eigenvalue weighted by Crippen LogP contribution is -2.11. The Morgan fingerprint density at radius 2 is 2.00 bits per heavy atom. The predicted molar refractivity (Wildman–Crippen MR) is 47.3 cm³/mol. The van der Waals surface area contributed by atoms with Gasteiger partial charge in [0.15, 0.2) is 0 Å². The fourth-order valence-corrected chi connectivity index (χ4v) is 6.79. The van der Waals surface area contributed by atoms with Crippen LogP contribution in [0.2, 0.25) is 25.2 Å². The van der Waals surface area contributed by atoms with E-state index in [-0.39, 0.29) is 9.52 Å². The summed E-state index contributed by atoms with van der Waals surface area (Å²) >= 11 is 11.7. The van der Waals surface area contributed by atoms with Crippen LogP contribution < -0.4 is 0 Å². The summed E-state index contributed by atoms with van der Waals surface area (Å²) in [6.45, 7) is 2.57. The second-order valence-corrected chi connectivity index (χ2v) is 12.1. The molecule has 0 atom stereocenters. The number of halogens is 2. The summed E-state index contributed by atoms with van der Waals surface area (Å²) in [5.41, 5.74) is 0. The van der Waals surface area contributed by atoms with Crippen molar-refractivity contribution in [1.82, 2.24) is 0 Å². The van der Waals surface area contributed by atoms with Crippen LogP contribution in [0.4, 0.5) is 0 Å².